The van der Waals surface area contributed by atoms with E-state index < -0.39 is 0 Å². The van der Waals surface area contributed by atoms with Crippen LogP contribution >= 0.6 is 0 Å². The molecule has 0 radical (unpaired) electrons. The molecule has 1 heterocycles. The number of hydrogen-bond donors (Lipinski definition) is 0. The third kappa shape index (κ3) is 3.78. The first kappa shape index (κ1) is 13.6. The van der Waals surface area contributed by atoms with Crippen molar-refractivity contribution in [3.05, 3.63) is 23.3 Å². The van der Waals surface area contributed by atoms with Crippen LogP contribution in [0, 0.1) is 0 Å². The van der Waals surface area contributed by atoms with Crippen molar-refractivity contribution in [3.63, 3.8) is 0 Å². The summed E-state index contributed by atoms with van der Waals surface area (Å²) in [4.78, 5) is 22.2. The second-order valence-electron chi connectivity index (χ2n) is 3.96. The number of carbonyl (C=O) groups is 1. The van der Waals surface area contributed by atoms with Gasteiger partial charge in [-0.15, -0.1) is 0 Å². The number of rotatable bonds is 5. The number of hydrogen-bond acceptors (Lipinski definition) is 5. The lowest BCUT2D eigenvalue weighted by molar-refractivity contribution is 0.0524. The van der Waals surface area contributed by atoms with Crippen LogP contribution in [-0.4, -0.2) is 41.5 Å². The number of esters is 1. The number of aryl methyl sites for hydroxylation is 1. The molecule has 0 atom stereocenters. The van der Waals surface area contributed by atoms with E-state index >= 15 is 0 Å². The van der Waals surface area contributed by atoms with Gasteiger partial charge in [0.2, 0.25) is 0 Å². The normalized spacial score (nSPS) is 10.6. The Morgan fingerprint density at radius 2 is 2.12 bits per heavy atom. The summed E-state index contributed by atoms with van der Waals surface area (Å²) in [5.41, 5.74) is 1.21. The molecule has 0 aliphatic carbocycles. The molecule has 0 saturated carbocycles. The summed E-state index contributed by atoms with van der Waals surface area (Å²) in [6.07, 6.45) is 2.25. The Morgan fingerprint density at radius 3 is 2.65 bits per heavy atom. The van der Waals surface area contributed by atoms with Gasteiger partial charge < -0.3 is 9.64 Å². The Morgan fingerprint density at radius 1 is 1.41 bits per heavy atom. The lowest BCUT2D eigenvalue weighted by atomic mass is 10.2. The van der Waals surface area contributed by atoms with E-state index in [0.717, 1.165) is 11.5 Å². The van der Waals surface area contributed by atoms with Gasteiger partial charge in [-0.3, -0.25) is 0 Å². The summed E-state index contributed by atoms with van der Waals surface area (Å²) in [7, 11) is 3.91. The predicted octanol–water partition coefficient (Wildman–Crippen LogP) is 1.28. The third-order valence-corrected chi connectivity index (χ3v) is 2.21. The Labute approximate surface area is 102 Å². The zero-order valence-corrected chi connectivity index (χ0v) is 10.9. The highest BCUT2D eigenvalue weighted by molar-refractivity contribution is 5.90. The maximum absolute atomic E-state index is 11.6. The molecule has 0 fully saturated rings. The van der Waals surface area contributed by atoms with Crippen molar-refractivity contribution in [2.75, 3.05) is 20.7 Å². The summed E-state index contributed by atoms with van der Waals surface area (Å²) < 4.78 is 4.96. The van der Waals surface area contributed by atoms with Gasteiger partial charge in [0, 0.05) is 6.20 Å². The highest BCUT2D eigenvalue weighted by Crippen LogP contribution is 2.09. The first-order chi connectivity index (χ1) is 8.08. The lowest BCUT2D eigenvalue weighted by Crippen LogP contribution is -2.16. The van der Waals surface area contributed by atoms with Crippen LogP contribution in [-0.2, 0) is 17.7 Å². The van der Waals surface area contributed by atoms with Crippen molar-refractivity contribution in [1.29, 1.82) is 0 Å². The summed E-state index contributed by atoms with van der Waals surface area (Å²) >= 11 is 0. The summed E-state index contributed by atoms with van der Waals surface area (Å²) in [6, 6.07) is 0. The fourth-order valence-electron chi connectivity index (χ4n) is 1.47. The molecule has 17 heavy (non-hydrogen) atoms. The second kappa shape index (κ2) is 6.30. The average Bonchev–Trinajstić information content (AvgIpc) is 2.28. The standard InChI is InChI=1S/C12H19N3O2/c1-5-10-9(12(16)17-6-2)7-13-11(14-10)8-15(3)4/h7H,5-6,8H2,1-4H3. The topological polar surface area (TPSA) is 55.3 Å². The summed E-state index contributed by atoms with van der Waals surface area (Å²) in [5.74, 6) is 0.376. The van der Waals surface area contributed by atoms with Gasteiger partial charge >= 0.3 is 5.97 Å². The van der Waals surface area contributed by atoms with Crippen molar-refractivity contribution in [3.8, 4) is 0 Å². The number of carbonyl (C=O) groups excluding carboxylic acids is 1. The fraction of sp³-hybridized carbons (Fsp3) is 0.583. The number of ether oxygens (including phenoxy) is 1. The van der Waals surface area contributed by atoms with E-state index in [1.54, 1.807) is 13.1 Å². The summed E-state index contributed by atoms with van der Waals surface area (Å²) in [6.45, 7) is 4.77. The molecule has 0 aromatic carbocycles. The van der Waals surface area contributed by atoms with Crippen molar-refractivity contribution in [2.45, 2.75) is 26.8 Å². The minimum absolute atomic E-state index is 0.347. The molecular weight excluding hydrogens is 218 g/mol. The Bertz CT molecular complexity index is 391. The van der Waals surface area contributed by atoms with Gasteiger partial charge in [0.05, 0.1) is 24.4 Å². The predicted molar refractivity (Wildman–Crippen MR) is 64.8 cm³/mol. The third-order valence-electron chi connectivity index (χ3n) is 2.21. The van der Waals surface area contributed by atoms with Crippen molar-refractivity contribution >= 4 is 5.97 Å². The van der Waals surface area contributed by atoms with E-state index in [1.165, 1.54) is 0 Å². The molecule has 5 nitrogen and oxygen atoms in total. The van der Waals surface area contributed by atoms with Gasteiger partial charge in [-0.2, -0.15) is 0 Å². The van der Waals surface area contributed by atoms with E-state index in [2.05, 4.69) is 9.97 Å². The van der Waals surface area contributed by atoms with E-state index in [9.17, 15) is 4.79 Å². The first-order valence-electron chi connectivity index (χ1n) is 5.75. The zero-order chi connectivity index (χ0) is 12.8. The molecule has 5 heteroatoms. The van der Waals surface area contributed by atoms with Crippen LogP contribution in [0.5, 0.6) is 0 Å². The van der Waals surface area contributed by atoms with Crippen LogP contribution in [0.2, 0.25) is 0 Å². The van der Waals surface area contributed by atoms with Crippen LogP contribution in [0.4, 0.5) is 0 Å². The highest BCUT2D eigenvalue weighted by Gasteiger charge is 2.14. The molecule has 94 valence electrons. The molecule has 1 aromatic heterocycles. The van der Waals surface area contributed by atoms with Crippen molar-refractivity contribution < 1.29 is 9.53 Å². The van der Waals surface area contributed by atoms with Crippen LogP contribution < -0.4 is 0 Å². The van der Waals surface area contributed by atoms with Gasteiger partial charge in [0.15, 0.2) is 0 Å². The molecule has 1 rings (SSSR count). The maximum atomic E-state index is 11.6. The van der Waals surface area contributed by atoms with Crippen LogP contribution in [0.25, 0.3) is 0 Å². The minimum Gasteiger partial charge on any atom is -0.462 e. The fourth-order valence-corrected chi connectivity index (χ4v) is 1.47. The largest absolute Gasteiger partial charge is 0.462 e. The molecule has 0 bridgehead atoms. The maximum Gasteiger partial charge on any atom is 0.341 e. The van der Waals surface area contributed by atoms with E-state index in [-0.39, 0.29) is 5.97 Å². The van der Waals surface area contributed by atoms with E-state index in [1.807, 2.05) is 25.9 Å². The van der Waals surface area contributed by atoms with Crippen LogP contribution in [0.3, 0.4) is 0 Å². The van der Waals surface area contributed by atoms with Gasteiger partial charge in [0.1, 0.15) is 5.82 Å². The van der Waals surface area contributed by atoms with Gasteiger partial charge in [-0.05, 0) is 27.4 Å². The minimum atomic E-state index is -0.347. The Kier molecular flexibility index (Phi) is 5.03. The number of nitrogens with zero attached hydrogens (tertiary/aromatic N) is 3. The quantitative estimate of drug-likeness (QED) is 0.722. The van der Waals surface area contributed by atoms with Gasteiger partial charge in [0.25, 0.3) is 0 Å². The molecule has 0 aliphatic rings. The molecule has 1 aromatic rings. The molecule has 0 N–H and O–H groups in total. The molecule has 0 saturated heterocycles. The first-order valence-corrected chi connectivity index (χ1v) is 5.75. The monoisotopic (exact) mass is 237 g/mol. The second-order valence-corrected chi connectivity index (χ2v) is 3.96. The Balaban J connectivity index is 2.96. The number of aromatic nitrogens is 2. The van der Waals surface area contributed by atoms with Crippen LogP contribution in [0.1, 0.15) is 35.7 Å². The molecule has 0 aliphatic heterocycles. The summed E-state index contributed by atoms with van der Waals surface area (Å²) in [5, 5.41) is 0. The van der Waals surface area contributed by atoms with E-state index in [4.69, 9.17) is 4.74 Å². The lowest BCUT2D eigenvalue weighted by Gasteiger charge is -2.11. The SMILES string of the molecule is CCOC(=O)c1cnc(CN(C)C)nc1CC. The smallest absolute Gasteiger partial charge is 0.341 e. The zero-order valence-electron chi connectivity index (χ0n) is 10.9. The van der Waals surface area contributed by atoms with Gasteiger partial charge in [-0.25, -0.2) is 14.8 Å². The van der Waals surface area contributed by atoms with Crippen molar-refractivity contribution in [2.24, 2.45) is 0 Å². The molecule has 0 unspecified atom stereocenters. The highest BCUT2D eigenvalue weighted by atomic mass is 16.5. The average molecular weight is 237 g/mol. The Hall–Kier alpha value is -1.49. The van der Waals surface area contributed by atoms with Crippen LogP contribution in [0.15, 0.2) is 6.20 Å². The van der Waals surface area contributed by atoms with E-state index in [0.29, 0.717) is 25.1 Å². The van der Waals surface area contributed by atoms with Crippen molar-refractivity contribution in [1.82, 2.24) is 14.9 Å². The molecular formula is C12H19N3O2. The van der Waals surface area contributed by atoms with Gasteiger partial charge in [-0.1, -0.05) is 6.92 Å². The molecule has 0 amide bonds. The molecule has 0 spiro atoms.